The highest BCUT2D eigenvalue weighted by Crippen LogP contribution is 2.28. The highest BCUT2D eigenvalue weighted by molar-refractivity contribution is 5.99. The third kappa shape index (κ3) is 1.24. The normalized spacial score (nSPS) is 21.3. The van der Waals surface area contributed by atoms with E-state index < -0.39 is 0 Å². The van der Waals surface area contributed by atoms with E-state index in [1.165, 1.54) is 0 Å². The van der Waals surface area contributed by atoms with Gasteiger partial charge in [-0.2, -0.15) is 5.10 Å². The van der Waals surface area contributed by atoms with Crippen LogP contribution in [0.1, 0.15) is 40.6 Å². The van der Waals surface area contributed by atoms with Crippen LogP contribution in [0.4, 0.5) is 0 Å². The van der Waals surface area contributed by atoms with Crippen molar-refractivity contribution >= 4 is 5.78 Å². The molecule has 0 saturated carbocycles. The topological polar surface area (TPSA) is 44.1 Å². The highest BCUT2D eigenvalue weighted by atomic mass is 16.5. The summed E-state index contributed by atoms with van der Waals surface area (Å²) in [6.45, 7) is 3.40. The molecule has 0 bridgehead atoms. The Hall–Kier alpha value is -1.16. The summed E-state index contributed by atoms with van der Waals surface area (Å²) in [5, 5.41) is 4.48. The molecule has 0 N–H and O–H groups in total. The number of rotatable bonds is 1. The van der Waals surface area contributed by atoms with Crippen molar-refractivity contribution in [1.82, 2.24) is 9.78 Å². The fourth-order valence-corrected chi connectivity index (χ4v) is 2.41. The molecular formula is C11H14N2O2. The van der Waals surface area contributed by atoms with Crippen LogP contribution in [0.15, 0.2) is 0 Å². The van der Waals surface area contributed by atoms with E-state index in [1.54, 1.807) is 0 Å². The molecule has 1 aromatic rings. The number of nitrogens with zero attached hydrogens (tertiary/aromatic N) is 2. The monoisotopic (exact) mass is 206 g/mol. The molecule has 0 unspecified atom stereocenters. The maximum Gasteiger partial charge on any atom is 0.166 e. The van der Waals surface area contributed by atoms with Crippen LogP contribution in [-0.4, -0.2) is 28.8 Å². The molecule has 15 heavy (non-hydrogen) atoms. The van der Waals surface area contributed by atoms with E-state index in [9.17, 15) is 4.79 Å². The number of aryl methyl sites for hydroxylation is 1. The van der Waals surface area contributed by atoms with Crippen molar-refractivity contribution in [2.75, 3.05) is 13.2 Å². The third-order valence-corrected chi connectivity index (χ3v) is 3.25. The number of carbonyl (C=O) groups is 1. The average molecular weight is 206 g/mol. The first kappa shape index (κ1) is 9.09. The standard InChI is InChI=1S/C11H14N2O2/c1-7-11-9(3-2-4-10(11)14)13(12-7)8-5-15-6-8/h8H,2-6H2,1H3. The SMILES string of the molecule is Cc1nn(C2COC2)c2c1C(=O)CCC2. The fraction of sp³-hybridized carbons (Fsp3) is 0.636. The van der Waals surface area contributed by atoms with Gasteiger partial charge in [0, 0.05) is 6.42 Å². The van der Waals surface area contributed by atoms with Gasteiger partial charge in [0.1, 0.15) is 0 Å². The van der Waals surface area contributed by atoms with E-state index >= 15 is 0 Å². The predicted molar refractivity (Wildman–Crippen MR) is 54.1 cm³/mol. The summed E-state index contributed by atoms with van der Waals surface area (Å²) in [7, 11) is 0. The first-order valence-corrected chi connectivity index (χ1v) is 5.46. The molecule has 0 aromatic carbocycles. The largest absolute Gasteiger partial charge is 0.377 e. The molecule has 0 amide bonds. The first-order valence-electron chi connectivity index (χ1n) is 5.46. The molecule has 0 radical (unpaired) electrons. The Bertz CT molecular complexity index is 418. The summed E-state index contributed by atoms with van der Waals surface area (Å²) in [4.78, 5) is 11.8. The maximum atomic E-state index is 11.8. The van der Waals surface area contributed by atoms with Crippen molar-refractivity contribution in [3.8, 4) is 0 Å². The van der Waals surface area contributed by atoms with E-state index in [1.807, 2.05) is 11.6 Å². The molecule has 0 spiro atoms. The second-order valence-electron chi connectivity index (χ2n) is 4.32. The summed E-state index contributed by atoms with van der Waals surface area (Å²) >= 11 is 0. The lowest BCUT2D eigenvalue weighted by Crippen LogP contribution is -2.33. The van der Waals surface area contributed by atoms with Crippen molar-refractivity contribution in [3.63, 3.8) is 0 Å². The van der Waals surface area contributed by atoms with Gasteiger partial charge in [0.05, 0.1) is 36.2 Å². The van der Waals surface area contributed by atoms with Gasteiger partial charge in [0.2, 0.25) is 0 Å². The second-order valence-corrected chi connectivity index (χ2v) is 4.32. The summed E-state index contributed by atoms with van der Waals surface area (Å²) in [5.41, 5.74) is 2.91. The smallest absolute Gasteiger partial charge is 0.166 e. The van der Waals surface area contributed by atoms with E-state index in [-0.39, 0.29) is 5.78 Å². The molecule has 4 nitrogen and oxygen atoms in total. The van der Waals surface area contributed by atoms with Gasteiger partial charge in [0.25, 0.3) is 0 Å². The Morgan fingerprint density at radius 3 is 2.87 bits per heavy atom. The number of fused-ring (bicyclic) bond motifs is 1. The number of ether oxygens (including phenoxy) is 1. The van der Waals surface area contributed by atoms with Crippen LogP contribution in [0.3, 0.4) is 0 Å². The Kier molecular flexibility index (Phi) is 1.92. The van der Waals surface area contributed by atoms with Crippen LogP contribution in [0.25, 0.3) is 0 Å². The zero-order valence-corrected chi connectivity index (χ0v) is 8.82. The predicted octanol–water partition coefficient (Wildman–Crippen LogP) is 1.28. The number of hydrogen-bond donors (Lipinski definition) is 0. The Morgan fingerprint density at radius 1 is 1.40 bits per heavy atom. The van der Waals surface area contributed by atoms with Crippen molar-refractivity contribution in [1.29, 1.82) is 0 Å². The van der Waals surface area contributed by atoms with Crippen molar-refractivity contribution in [2.45, 2.75) is 32.2 Å². The van der Waals surface area contributed by atoms with Gasteiger partial charge < -0.3 is 4.74 Å². The quantitative estimate of drug-likeness (QED) is 0.695. The third-order valence-electron chi connectivity index (χ3n) is 3.25. The molecule has 1 aliphatic heterocycles. The number of carbonyl (C=O) groups excluding carboxylic acids is 1. The molecule has 1 aliphatic carbocycles. The molecule has 2 heterocycles. The molecule has 3 rings (SSSR count). The molecule has 1 saturated heterocycles. The van der Waals surface area contributed by atoms with Gasteiger partial charge >= 0.3 is 0 Å². The highest BCUT2D eigenvalue weighted by Gasteiger charge is 2.30. The van der Waals surface area contributed by atoms with E-state index in [4.69, 9.17) is 4.74 Å². The average Bonchev–Trinajstić information content (AvgIpc) is 2.43. The second kappa shape index (κ2) is 3.17. The van der Waals surface area contributed by atoms with Crippen LogP contribution in [-0.2, 0) is 11.2 Å². The van der Waals surface area contributed by atoms with Crippen LogP contribution in [0, 0.1) is 6.92 Å². The lowest BCUT2D eigenvalue weighted by molar-refractivity contribution is -0.0300. The number of aromatic nitrogens is 2. The van der Waals surface area contributed by atoms with Crippen molar-refractivity contribution in [2.24, 2.45) is 0 Å². The lowest BCUT2D eigenvalue weighted by atomic mass is 9.94. The van der Waals surface area contributed by atoms with Crippen LogP contribution in [0.5, 0.6) is 0 Å². The molecule has 1 aromatic heterocycles. The zero-order valence-electron chi connectivity index (χ0n) is 8.82. The summed E-state index contributed by atoms with van der Waals surface area (Å²) in [6.07, 6.45) is 2.63. The molecule has 1 fully saturated rings. The summed E-state index contributed by atoms with van der Waals surface area (Å²) < 4.78 is 7.19. The molecule has 80 valence electrons. The van der Waals surface area contributed by atoms with Gasteiger partial charge in [-0.05, 0) is 19.8 Å². The minimum atomic E-state index is 0.264. The maximum absolute atomic E-state index is 11.8. The van der Waals surface area contributed by atoms with Gasteiger partial charge in [-0.3, -0.25) is 9.48 Å². The van der Waals surface area contributed by atoms with Gasteiger partial charge in [-0.1, -0.05) is 0 Å². The lowest BCUT2D eigenvalue weighted by Gasteiger charge is -2.28. The van der Waals surface area contributed by atoms with Crippen LogP contribution >= 0.6 is 0 Å². The van der Waals surface area contributed by atoms with E-state index in [0.29, 0.717) is 12.5 Å². The first-order chi connectivity index (χ1) is 7.27. The zero-order chi connectivity index (χ0) is 10.4. The van der Waals surface area contributed by atoms with E-state index in [2.05, 4.69) is 5.10 Å². The molecule has 4 heteroatoms. The van der Waals surface area contributed by atoms with Gasteiger partial charge in [-0.15, -0.1) is 0 Å². The minimum absolute atomic E-state index is 0.264. The van der Waals surface area contributed by atoms with Crippen molar-refractivity contribution < 1.29 is 9.53 Å². The van der Waals surface area contributed by atoms with E-state index in [0.717, 1.165) is 43.0 Å². The number of hydrogen-bond acceptors (Lipinski definition) is 3. The molecule has 2 aliphatic rings. The van der Waals surface area contributed by atoms with Crippen LogP contribution in [0.2, 0.25) is 0 Å². The Balaban J connectivity index is 2.09. The fourth-order valence-electron chi connectivity index (χ4n) is 2.41. The minimum Gasteiger partial charge on any atom is -0.377 e. The van der Waals surface area contributed by atoms with Crippen molar-refractivity contribution in [3.05, 3.63) is 17.0 Å². The van der Waals surface area contributed by atoms with Crippen LogP contribution < -0.4 is 0 Å². The summed E-state index contributed by atoms with van der Waals surface area (Å²) in [6, 6.07) is 0.360. The Morgan fingerprint density at radius 2 is 2.20 bits per heavy atom. The van der Waals surface area contributed by atoms with Gasteiger partial charge in [-0.25, -0.2) is 0 Å². The number of ketones is 1. The molecular weight excluding hydrogens is 192 g/mol. The molecule has 0 atom stereocenters. The summed E-state index contributed by atoms with van der Waals surface area (Å²) in [5.74, 6) is 0.264. The van der Waals surface area contributed by atoms with Gasteiger partial charge in [0.15, 0.2) is 5.78 Å². The Labute approximate surface area is 88.2 Å². The number of Topliss-reactive ketones (excluding diaryl/α,β-unsaturated/α-hetero) is 1.